The summed E-state index contributed by atoms with van der Waals surface area (Å²) >= 11 is 0. The van der Waals surface area contributed by atoms with Crippen molar-refractivity contribution in [2.24, 2.45) is 11.8 Å². The standard InChI is InChI=1S/C14H25O3P/c1-2-18(15,16-11-13-7-3-4-8-13)17-12-14-9-5-6-10-14/h2,13-14H,1,3-12H2. The van der Waals surface area contributed by atoms with E-state index in [1.54, 1.807) is 0 Å². The van der Waals surface area contributed by atoms with Gasteiger partial charge in [-0.15, -0.1) is 0 Å². The second kappa shape index (κ2) is 6.88. The van der Waals surface area contributed by atoms with Crippen molar-refractivity contribution in [2.45, 2.75) is 51.4 Å². The minimum absolute atomic E-state index is 0.563. The van der Waals surface area contributed by atoms with Crippen LogP contribution in [0, 0.1) is 11.8 Å². The Morgan fingerprint density at radius 3 is 1.67 bits per heavy atom. The zero-order valence-corrected chi connectivity index (χ0v) is 12.1. The molecule has 0 N–H and O–H groups in total. The molecular formula is C14H25O3P. The average Bonchev–Trinajstić information content (AvgIpc) is 3.06. The molecule has 4 heteroatoms. The fourth-order valence-corrected chi connectivity index (χ4v) is 4.04. The minimum atomic E-state index is -3.04. The first-order chi connectivity index (χ1) is 8.72. The molecule has 0 saturated heterocycles. The maximum Gasteiger partial charge on any atom is 0.353 e. The van der Waals surface area contributed by atoms with E-state index in [2.05, 4.69) is 6.58 Å². The van der Waals surface area contributed by atoms with Crippen molar-refractivity contribution in [3.05, 3.63) is 12.4 Å². The summed E-state index contributed by atoms with van der Waals surface area (Å²) in [4.78, 5) is 0. The Labute approximate surface area is 110 Å². The van der Waals surface area contributed by atoms with Crippen LogP contribution in [0.3, 0.4) is 0 Å². The SMILES string of the molecule is C=CP(=O)(OCC1CCCC1)OCC1CCCC1. The molecule has 0 atom stereocenters. The van der Waals surface area contributed by atoms with E-state index in [9.17, 15) is 4.57 Å². The van der Waals surface area contributed by atoms with Crippen molar-refractivity contribution in [1.82, 2.24) is 0 Å². The Morgan fingerprint density at radius 1 is 0.944 bits per heavy atom. The third kappa shape index (κ3) is 4.22. The van der Waals surface area contributed by atoms with E-state index >= 15 is 0 Å². The maximum absolute atomic E-state index is 12.3. The van der Waals surface area contributed by atoms with E-state index in [4.69, 9.17) is 9.05 Å². The van der Waals surface area contributed by atoms with Gasteiger partial charge in [0, 0.05) is 5.82 Å². The molecule has 2 fully saturated rings. The monoisotopic (exact) mass is 272 g/mol. The van der Waals surface area contributed by atoms with Gasteiger partial charge in [-0.3, -0.25) is 4.57 Å². The van der Waals surface area contributed by atoms with Crippen molar-refractivity contribution in [2.75, 3.05) is 13.2 Å². The fraction of sp³-hybridized carbons (Fsp3) is 0.857. The molecule has 2 aliphatic rings. The van der Waals surface area contributed by atoms with Crippen LogP contribution in [-0.2, 0) is 13.6 Å². The summed E-state index contributed by atoms with van der Waals surface area (Å²) in [6.45, 7) is 4.74. The van der Waals surface area contributed by atoms with Gasteiger partial charge in [-0.2, -0.15) is 0 Å². The molecule has 0 aromatic carbocycles. The molecule has 0 bridgehead atoms. The summed E-state index contributed by atoms with van der Waals surface area (Å²) in [6, 6.07) is 0. The summed E-state index contributed by atoms with van der Waals surface area (Å²) < 4.78 is 23.4. The lowest BCUT2D eigenvalue weighted by Crippen LogP contribution is -2.08. The molecule has 2 saturated carbocycles. The van der Waals surface area contributed by atoms with Crippen LogP contribution >= 0.6 is 7.60 Å². The van der Waals surface area contributed by atoms with Crippen LogP contribution in [-0.4, -0.2) is 13.2 Å². The fourth-order valence-electron chi connectivity index (χ4n) is 2.92. The Bertz CT molecular complexity index is 280. The molecule has 104 valence electrons. The van der Waals surface area contributed by atoms with E-state index in [0.717, 1.165) is 0 Å². The Morgan fingerprint density at radius 2 is 1.33 bits per heavy atom. The van der Waals surface area contributed by atoms with Crippen LogP contribution < -0.4 is 0 Å². The molecule has 0 spiro atoms. The van der Waals surface area contributed by atoms with Gasteiger partial charge in [-0.05, 0) is 37.5 Å². The number of rotatable bonds is 7. The maximum atomic E-state index is 12.3. The first-order valence-corrected chi connectivity index (χ1v) is 8.85. The van der Waals surface area contributed by atoms with E-state index in [1.807, 2.05) is 0 Å². The third-order valence-corrected chi connectivity index (χ3v) is 5.62. The van der Waals surface area contributed by atoms with Crippen molar-refractivity contribution >= 4 is 7.60 Å². The van der Waals surface area contributed by atoms with Crippen molar-refractivity contribution in [3.8, 4) is 0 Å². The molecular weight excluding hydrogens is 247 g/mol. The molecule has 18 heavy (non-hydrogen) atoms. The highest BCUT2D eigenvalue weighted by atomic mass is 31.2. The van der Waals surface area contributed by atoms with Crippen LogP contribution in [0.15, 0.2) is 12.4 Å². The van der Waals surface area contributed by atoms with Crippen LogP contribution in [0.4, 0.5) is 0 Å². The molecule has 0 amide bonds. The highest BCUT2D eigenvalue weighted by Gasteiger charge is 2.26. The minimum Gasteiger partial charge on any atom is -0.305 e. The largest absolute Gasteiger partial charge is 0.353 e. The molecule has 2 aliphatic carbocycles. The smallest absolute Gasteiger partial charge is 0.305 e. The third-order valence-electron chi connectivity index (χ3n) is 4.15. The van der Waals surface area contributed by atoms with Gasteiger partial charge < -0.3 is 9.05 Å². The molecule has 0 unspecified atom stereocenters. The van der Waals surface area contributed by atoms with Gasteiger partial charge in [0.15, 0.2) is 0 Å². The highest BCUT2D eigenvalue weighted by molar-refractivity contribution is 7.57. The van der Waals surface area contributed by atoms with Crippen molar-refractivity contribution in [3.63, 3.8) is 0 Å². The summed E-state index contributed by atoms with van der Waals surface area (Å²) in [7, 11) is -3.04. The van der Waals surface area contributed by atoms with Crippen LogP contribution in [0.5, 0.6) is 0 Å². The van der Waals surface area contributed by atoms with Gasteiger partial charge in [0.25, 0.3) is 0 Å². The van der Waals surface area contributed by atoms with Gasteiger partial charge in [-0.25, -0.2) is 0 Å². The first kappa shape index (κ1) is 14.3. The lowest BCUT2D eigenvalue weighted by Gasteiger charge is -2.19. The predicted octanol–water partition coefficient (Wildman–Crippen LogP) is 4.74. The summed E-state index contributed by atoms with van der Waals surface area (Å²) in [5, 5.41) is 0. The number of hydrogen-bond donors (Lipinski definition) is 0. The van der Waals surface area contributed by atoms with E-state index < -0.39 is 7.60 Å². The molecule has 0 aliphatic heterocycles. The second-order valence-corrected chi connectivity index (χ2v) is 7.58. The van der Waals surface area contributed by atoms with Crippen molar-refractivity contribution < 1.29 is 13.6 Å². The lowest BCUT2D eigenvalue weighted by atomic mass is 10.1. The van der Waals surface area contributed by atoms with Crippen LogP contribution in [0.25, 0.3) is 0 Å². The molecule has 2 rings (SSSR count). The van der Waals surface area contributed by atoms with Gasteiger partial charge in [0.2, 0.25) is 0 Å². The van der Waals surface area contributed by atoms with E-state index in [0.29, 0.717) is 25.0 Å². The topological polar surface area (TPSA) is 35.5 Å². The first-order valence-electron chi connectivity index (χ1n) is 7.24. The lowest BCUT2D eigenvalue weighted by molar-refractivity contribution is 0.168. The quantitative estimate of drug-likeness (QED) is 0.628. The molecule has 3 nitrogen and oxygen atoms in total. The Hall–Kier alpha value is -0.110. The molecule has 0 aromatic heterocycles. The average molecular weight is 272 g/mol. The molecule has 0 heterocycles. The summed E-state index contributed by atoms with van der Waals surface area (Å²) in [5.41, 5.74) is 0. The second-order valence-electron chi connectivity index (χ2n) is 5.61. The summed E-state index contributed by atoms with van der Waals surface area (Å²) in [5.74, 6) is 2.50. The van der Waals surface area contributed by atoms with Crippen LogP contribution in [0.1, 0.15) is 51.4 Å². The predicted molar refractivity (Wildman–Crippen MR) is 73.6 cm³/mol. The van der Waals surface area contributed by atoms with E-state index in [-0.39, 0.29) is 0 Å². The van der Waals surface area contributed by atoms with Gasteiger partial charge in [0.05, 0.1) is 13.2 Å². The van der Waals surface area contributed by atoms with Gasteiger partial charge >= 0.3 is 7.60 Å². The Kier molecular flexibility index (Phi) is 5.47. The molecule has 0 aromatic rings. The van der Waals surface area contributed by atoms with Crippen molar-refractivity contribution in [1.29, 1.82) is 0 Å². The number of hydrogen-bond acceptors (Lipinski definition) is 3. The summed E-state index contributed by atoms with van der Waals surface area (Å²) in [6.07, 6.45) is 9.87. The normalized spacial score (nSPS) is 22.7. The zero-order chi connectivity index (χ0) is 12.8. The van der Waals surface area contributed by atoms with Crippen LogP contribution in [0.2, 0.25) is 0 Å². The Balaban J connectivity index is 1.73. The van der Waals surface area contributed by atoms with Gasteiger partial charge in [0.1, 0.15) is 0 Å². The van der Waals surface area contributed by atoms with Gasteiger partial charge in [-0.1, -0.05) is 32.3 Å². The highest BCUT2D eigenvalue weighted by Crippen LogP contribution is 2.51. The van der Waals surface area contributed by atoms with E-state index in [1.165, 1.54) is 57.2 Å². The zero-order valence-electron chi connectivity index (χ0n) is 11.2. The molecule has 0 radical (unpaired) electrons.